The van der Waals surface area contributed by atoms with Crippen LogP contribution in [0.15, 0.2) is 72.9 Å². The first-order chi connectivity index (χ1) is 14.8. The van der Waals surface area contributed by atoms with E-state index < -0.39 is 12.5 Å². The highest BCUT2D eigenvalue weighted by Crippen LogP contribution is 2.24. The second-order valence-corrected chi connectivity index (χ2v) is 6.61. The van der Waals surface area contributed by atoms with Crippen molar-refractivity contribution in [2.24, 2.45) is 0 Å². The lowest BCUT2D eigenvalue weighted by atomic mass is 10.1. The van der Waals surface area contributed by atoms with Crippen LogP contribution in [0.4, 0.5) is 18.9 Å². The van der Waals surface area contributed by atoms with E-state index in [2.05, 4.69) is 20.4 Å². The van der Waals surface area contributed by atoms with Crippen molar-refractivity contribution in [3.63, 3.8) is 0 Å². The van der Waals surface area contributed by atoms with Gasteiger partial charge in [0.25, 0.3) is 5.91 Å². The normalized spacial score (nSPS) is 12.1. The molecule has 0 spiro atoms. The molecule has 1 unspecified atom stereocenters. The summed E-state index contributed by atoms with van der Waals surface area (Å²) < 4.78 is 40.5. The number of halogens is 3. The third kappa shape index (κ3) is 7.00. The lowest BCUT2D eigenvalue weighted by molar-refractivity contribution is -0.274. The van der Waals surface area contributed by atoms with Crippen molar-refractivity contribution in [1.82, 2.24) is 10.3 Å². The molecule has 0 aliphatic heterocycles. The number of aliphatic hydroxyl groups excluding tert-OH is 1. The second kappa shape index (κ2) is 9.94. The van der Waals surface area contributed by atoms with Gasteiger partial charge in [-0.1, -0.05) is 42.5 Å². The van der Waals surface area contributed by atoms with Crippen LogP contribution in [-0.4, -0.2) is 28.9 Å². The van der Waals surface area contributed by atoms with Gasteiger partial charge in [0.05, 0.1) is 6.10 Å². The van der Waals surface area contributed by atoms with Crippen molar-refractivity contribution >= 4 is 11.6 Å². The summed E-state index contributed by atoms with van der Waals surface area (Å²) >= 11 is 0. The van der Waals surface area contributed by atoms with Gasteiger partial charge in [0.15, 0.2) is 0 Å². The number of aliphatic hydroxyl groups is 1. The van der Waals surface area contributed by atoms with E-state index in [9.17, 15) is 23.1 Å². The summed E-state index contributed by atoms with van der Waals surface area (Å²) in [5.74, 6) is -0.704. The van der Waals surface area contributed by atoms with Crippen molar-refractivity contribution in [3.05, 3.63) is 89.7 Å². The molecule has 0 aliphatic carbocycles. The summed E-state index contributed by atoms with van der Waals surface area (Å²) in [5.41, 5.74) is 2.15. The minimum atomic E-state index is -4.77. The molecule has 0 aliphatic rings. The molecular formula is C22H20F3N3O3. The predicted molar refractivity (Wildman–Crippen MR) is 108 cm³/mol. The molecule has 1 amide bonds. The maximum Gasteiger partial charge on any atom is 0.573 e. The Morgan fingerprint density at radius 3 is 2.45 bits per heavy atom. The van der Waals surface area contributed by atoms with E-state index in [-0.39, 0.29) is 23.9 Å². The van der Waals surface area contributed by atoms with Gasteiger partial charge in [-0.25, -0.2) is 0 Å². The van der Waals surface area contributed by atoms with Crippen LogP contribution in [-0.2, 0) is 6.54 Å². The van der Waals surface area contributed by atoms with Crippen LogP contribution in [0, 0.1) is 0 Å². The average Bonchev–Trinajstić information content (AvgIpc) is 2.76. The minimum absolute atomic E-state index is 0.0779. The predicted octanol–water partition coefficient (Wildman–Crippen LogP) is 4.06. The van der Waals surface area contributed by atoms with E-state index in [4.69, 9.17) is 0 Å². The Balaban J connectivity index is 1.54. The second-order valence-electron chi connectivity index (χ2n) is 6.61. The van der Waals surface area contributed by atoms with Crippen molar-refractivity contribution in [1.29, 1.82) is 0 Å². The number of carbonyl (C=O) groups is 1. The fraction of sp³-hybridized carbons (Fsp3) is 0.182. The van der Waals surface area contributed by atoms with Crippen LogP contribution < -0.4 is 15.4 Å². The number of hydrogen-bond acceptors (Lipinski definition) is 5. The van der Waals surface area contributed by atoms with Crippen LogP contribution in [0.3, 0.4) is 0 Å². The zero-order chi connectivity index (χ0) is 22.3. The summed E-state index contributed by atoms with van der Waals surface area (Å²) in [7, 11) is 0. The molecule has 6 nitrogen and oxygen atoms in total. The number of carbonyl (C=O) groups excluding carboxylic acids is 1. The molecule has 1 heterocycles. The molecular weight excluding hydrogens is 411 g/mol. The number of aromatic nitrogens is 1. The van der Waals surface area contributed by atoms with Crippen molar-refractivity contribution < 1.29 is 27.8 Å². The number of rotatable bonds is 8. The van der Waals surface area contributed by atoms with Crippen molar-refractivity contribution in [3.8, 4) is 5.75 Å². The molecule has 3 aromatic rings. The lowest BCUT2D eigenvalue weighted by Gasteiger charge is -2.15. The largest absolute Gasteiger partial charge is 0.573 e. The Hall–Kier alpha value is -3.59. The van der Waals surface area contributed by atoms with Gasteiger partial charge >= 0.3 is 6.36 Å². The quantitative estimate of drug-likeness (QED) is 0.501. The van der Waals surface area contributed by atoms with Crippen LogP contribution in [0.25, 0.3) is 0 Å². The number of benzene rings is 2. The first kappa shape index (κ1) is 22.1. The van der Waals surface area contributed by atoms with Crippen molar-refractivity contribution in [2.45, 2.75) is 19.0 Å². The molecule has 2 aromatic carbocycles. The summed E-state index contributed by atoms with van der Waals surface area (Å²) in [4.78, 5) is 16.4. The summed E-state index contributed by atoms with van der Waals surface area (Å²) in [6, 6.07) is 17.6. The summed E-state index contributed by atoms with van der Waals surface area (Å²) in [6.45, 7) is 0.445. The van der Waals surface area contributed by atoms with E-state index in [0.717, 1.165) is 17.7 Å². The van der Waals surface area contributed by atoms with E-state index in [1.54, 1.807) is 12.1 Å². The summed E-state index contributed by atoms with van der Waals surface area (Å²) in [6.07, 6.45) is -4.28. The first-order valence-corrected chi connectivity index (χ1v) is 9.36. The molecule has 3 N–H and O–H groups in total. The Morgan fingerprint density at radius 2 is 1.77 bits per heavy atom. The van der Waals surface area contributed by atoms with E-state index in [0.29, 0.717) is 17.8 Å². The molecule has 0 saturated heterocycles. The lowest BCUT2D eigenvalue weighted by Crippen LogP contribution is -2.24. The van der Waals surface area contributed by atoms with Crippen molar-refractivity contribution in [2.75, 3.05) is 11.9 Å². The molecule has 1 atom stereocenters. The van der Waals surface area contributed by atoms with E-state index >= 15 is 0 Å². The third-order valence-electron chi connectivity index (χ3n) is 4.29. The van der Waals surface area contributed by atoms with E-state index in [1.807, 2.05) is 30.3 Å². The van der Waals surface area contributed by atoms with Gasteiger partial charge in [-0.3, -0.25) is 9.78 Å². The number of hydrogen-bond donors (Lipinski definition) is 3. The number of ether oxygens (including phenoxy) is 1. The summed E-state index contributed by atoms with van der Waals surface area (Å²) in [5, 5.41) is 16.0. The zero-order valence-corrected chi connectivity index (χ0v) is 16.3. The molecule has 1 aromatic heterocycles. The fourth-order valence-electron chi connectivity index (χ4n) is 2.76. The standard InChI is InChI=1S/C22H20F3N3O3/c23-22(24,25)31-18-8-6-16(7-9-18)20(29)14-27-17-10-11-26-19(12-17)21(30)28-13-15-4-2-1-3-5-15/h1-12,20,29H,13-14H2,(H,26,27)(H,28,30). The molecule has 0 bridgehead atoms. The van der Waals surface area contributed by atoms with Gasteiger partial charge in [-0.2, -0.15) is 0 Å². The van der Waals surface area contributed by atoms with Gasteiger partial charge in [-0.05, 0) is 35.4 Å². The Morgan fingerprint density at radius 1 is 1.06 bits per heavy atom. The Bertz CT molecular complexity index is 996. The molecule has 3 rings (SSSR count). The van der Waals surface area contributed by atoms with Crippen LogP contribution in [0.2, 0.25) is 0 Å². The molecule has 0 saturated carbocycles. The maximum absolute atomic E-state index is 12.3. The highest BCUT2D eigenvalue weighted by atomic mass is 19.4. The maximum atomic E-state index is 12.3. The average molecular weight is 431 g/mol. The van der Waals surface area contributed by atoms with Gasteiger partial charge in [-0.15, -0.1) is 13.2 Å². The van der Waals surface area contributed by atoms with Gasteiger partial charge < -0.3 is 20.5 Å². The van der Waals surface area contributed by atoms with Gasteiger partial charge in [0.2, 0.25) is 0 Å². The van der Waals surface area contributed by atoms with Gasteiger partial charge in [0.1, 0.15) is 11.4 Å². The number of amides is 1. The first-order valence-electron chi connectivity index (χ1n) is 9.36. The topological polar surface area (TPSA) is 83.5 Å². The molecule has 0 radical (unpaired) electrons. The van der Waals surface area contributed by atoms with Crippen LogP contribution in [0.5, 0.6) is 5.75 Å². The number of pyridine rings is 1. The zero-order valence-electron chi connectivity index (χ0n) is 16.3. The van der Waals surface area contributed by atoms with Crippen LogP contribution in [0.1, 0.15) is 27.7 Å². The fourth-order valence-corrected chi connectivity index (χ4v) is 2.76. The number of nitrogens with one attached hydrogen (secondary N) is 2. The molecule has 162 valence electrons. The molecule has 31 heavy (non-hydrogen) atoms. The SMILES string of the molecule is O=C(NCc1ccccc1)c1cc(NCC(O)c2ccc(OC(F)(F)F)cc2)ccn1. The highest BCUT2D eigenvalue weighted by Gasteiger charge is 2.31. The third-order valence-corrected chi connectivity index (χ3v) is 4.29. The number of nitrogens with zero attached hydrogens (tertiary/aromatic N) is 1. The number of anilines is 1. The number of alkyl halides is 3. The molecule has 9 heteroatoms. The molecule has 0 fully saturated rings. The van der Waals surface area contributed by atoms with Crippen LogP contribution >= 0.6 is 0 Å². The minimum Gasteiger partial charge on any atom is -0.406 e. The Kier molecular flexibility index (Phi) is 7.09. The van der Waals surface area contributed by atoms with Gasteiger partial charge in [0, 0.05) is 25.0 Å². The highest BCUT2D eigenvalue weighted by molar-refractivity contribution is 5.93. The Labute approximate surface area is 176 Å². The smallest absolute Gasteiger partial charge is 0.406 e. The van der Waals surface area contributed by atoms with E-state index in [1.165, 1.54) is 18.3 Å². The monoisotopic (exact) mass is 431 g/mol.